The van der Waals surface area contributed by atoms with Crippen molar-refractivity contribution in [2.24, 2.45) is 0 Å². The largest absolute Gasteiger partial charge is 0.521 e. The SMILES string of the molecule is CCCCS(C)(CCCC)[OH+][O-]. The molecule has 0 saturated carbocycles. The van der Waals surface area contributed by atoms with Crippen LogP contribution in [0.25, 0.3) is 0 Å². The molecule has 0 fully saturated rings. The smallest absolute Gasteiger partial charge is 0.0390 e. The predicted octanol–water partition coefficient (Wildman–Crippen LogP) is 2.30. The first-order chi connectivity index (χ1) is 5.68. The summed E-state index contributed by atoms with van der Waals surface area (Å²) in [4.78, 5) is 0. The molecule has 0 aliphatic heterocycles. The zero-order valence-electron chi connectivity index (χ0n) is 8.51. The van der Waals surface area contributed by atoms with Crippen LogP contribution in [0, 0.1) is 0 Å². The van der Waals surface area contributed by atoms with Gasteiger partial charge in [-0.25, -0.2) is 0 Å². The Morgan fingerprint density at radius 1 is 1.08 bits per heavy atom. The Bertz CT molecular complexity index is 98.7. The number of hydrogen-bond acceptors (Lipinski definition) is 1. The maximum Gasteiger partial charge on any atom is 0.0390 e. The van der Waals surface area contributed by atoms with Gasteiger partial charge in [0.05, 0.1) is 0 Å². The van der Waals surface area contributed by atoms with E-state index in [0.717, 1.165) is 24.3 Å². The van der Waals surface area contributed by atoms with Crippen LogP contribution in [0.15, 0.2) is 0 Å². The van der Waals surface area contributed by atoms with Crippen molar-refractivity contribution in [3.8, 4) is 0 Å². The molecule has 0 heterocycles. The summed E-state index contributed by atoms with van der Waals surface area (Å²) in [5.74, 6) is 2.07. The molecule has 0 spiro atoms. The van der Waals surface area contributed by atoms with Gasteiger partial charge in [-0.15, -0.1) is 0 Å². The molecule has 0 unspecified atom stereocenters. The highest BCUT2D eigenvalue weighted by molar-refractivity contribution is 8.28. The molecule has 0 aliphatic carbocycles. The van der Waals surface area contributed by atoms with E-state index in [-0.39, 0.29) is 0 Å². The fourth-order valence-electron chi connectivity index (χ4n) is 1.09. The van der Waals surface area contributed by atoms with E-state index >= 15 is 0 Å². The predicted molar refractivity (Wildman–Crippen MR) is 55.7 cm³/mol. The van der Waals surface area contributed by atoms with Gasteiger partial charge in [-0.3, -0.25) is 0 Å². The van der Waals surface area contributed by atoms with E-state index in [4.69, 9.17) is 0 Å². The van der Waals surface area contributed by atoms with E-state index in [1.165, 1.54) is 12.8 Å². The third-order valence-electron chi connectivity index (χ3n) is 2.06. The number of unbranched alkanes of at least 4 members (excludes halogenated alkanes) is 2. The van der Waals surface area contributed by atoms with E-state index in [2.05, 4.69) is 24.4 Å². The Morgan fingerprint density at radius 3 is 1.75 bits per heavy atom. The third-order valence-corrected chi connectivity index (χ3v) is 4.75. The molecule has 0 saturated heterocycles. The first-order valence-electron chi connectivity index (χ1n) is 4.76. The molecule has 0 aromatic carbocycles. The van der Waals surface area contributed by atoms with Gasteiger partial charge < -0.3 is 9.59 Å². The summed E-state index contributed by atoms with van der Waals surface area (Å²) in [5, 5.41) is 10.6. The quantitative estimate of drug-likeness (QED) is 0.348. The van der Waals surface area contributed by atoms with Crippen LogP contribution in [0.1, 0.15) is 39.5 Å². The molecule has 0 radical (unpaired) electrons. The molecule has 76 valence electrons. The molecule has 0 atom stereocenters. The van der Waals surface area contributed by atoms with Gasteiger partial charge in [0.2, 0.25) is 0 Å². The molecule has 0 aromatic heterocycles. The van der Waals surface area contributed by atoms with E-state index < -0.39 is 10.3 Å². The second kappa shape index (κ2) is 6.75. The lowest BCUT2D eigenvalue weighted by atomic mass is 10.4. The molecule has 12 heavy (non-hydrogen) atoms. The van der Waals surface area contributed by atoms with Gasteiger partial charge in [-0.2, -0.15) is 0 Å². The Balaban J connectivity index is 3.70. The summed E-state index contributed by atoms with van der Waals surface area (Å²) in [6, 6.07) is 0. The maximum absolute atomic E-state index is 10.6. The minimum absolute atomic E-state index is 1.03. The van der Waals surface area contributed by atoms with Crippen molar-refractivity contribution >= 4 is 10.3 Å². The Labute approximate surface area is 77.8 Å². The van der Waals surface area contributed by atoms with E-state index in [1.807, 2.05) is 0 Å². The number of rotatable bonds is 7. The van der Waals surface area contributed by atoms with E-state index in [9.17, 15) is 5.26 Å². The molecule has 2 nitrogen and oxygen atoms in total. The summed E-state index contributed by atoms with van der Waals surface area (Å²) >= 11 is 0. The summed E-state index contributed by atoms with van der Waals surface area (Å²) in [5.41, 5.74) is 0. The molecule has 1 N–H and O–H groups in total. The monoisotopic (exact) mass is 194 g/mol. The summed E-state index contributed by atoms with van der Waals surface area (Å²) in [7, 11) is -1.13. The molecule has 3 heteroatoms. The van der Waals surface area contributed by atoms with Crippen molar-refractivity contribution in [1.82, 2.24) is 0 Å². The first-order valence-corrected chi connectivity index (χ1v) is 7.10. The Morgan fingerprint density at radius 2 is 1.50 bits per heavy atom. The minimum Gasteiger partial charge on any atom is -0.521 e. The van der Waals surface area contributed by atoms with Crippen LogP contribution in [0.3, 0.4) is 0 Å². The van der Waals surface area contributed by atoms with Gasteiger partial charge in [0.1, 0.15) is 0 Å². The molecule has 0 bridgehead atoms. The fraction of sp³-hybridized carbons (Fsp3) is 1.00. The number of hydrogen-bond donors (Lipinski definition) is 0. The van der Waals surface area contributed by atoms with Crippen molar-refractivity contribution in [2.75, 3.05) is 17.8 Å². The zero-order valence-corrected chi connectivity index (χ0v) is 9.32. The Hall–Kier alpha value is 0.270. The maximum atomic E-state index is 10.6. The zero-order chi connectivity index (χ0) is 9.45. The van der Waals surface area contributed by atoms with E-state index in [0.29, 0.717) is 0 Å². The molecule has 0 rings (SSSR count). The van der Waals surface area contributed by atoms with Gasteiger partial charge in [0.15, 0.2) is 0 Å². The minimum atomic E-state index is -1.13. The molecular formula is C9H22O2S. The molecule has 0 aliphatic rings. The second-order valence-electron chi connectivity index (χ2n) is 3.41. The fourth-order valence-corrected chi connectivity index (χ4v) is 3.26. The van der Waals surface area contributed by atoms with Crippen LogP contribution in [-0.2, 0) is 0 Å². The molecular weight excluding hydrogens is 172 g/mol. The molecule has 0 amide bonds. The lowest BCUT2D eigenvalue weighted by Crippen LogP contribution is -2.22. The normalized spacial score (nSPS) is 13.3. The summed E-state index contributed by atoms with van der Waals surface area (Å²) < 4.78 is 3.33. The van der Waals surface area contributed by atoms with Crippen LogP contribution in [0.2, 0.25) is 0 Å². The van der Waals surface area contributed by atoms with Gasteiger partial charge >= 0.3 is 0 Å². The van der Waals surface area contributed by atoms with Gasteiger partial charge in [0.25, 0.3) is 0 Å². The highest BCUT2D eigenvalue weighted by atomic mass is 32.3. The van der Waals surface area contributed by atoms with Crippen molar-refractivity contribution in [2.45, 2.75) is 39.5 Å². The Kier molecular flexibility index (Phi) is 6.90. The highest BCUT2D eigenvalue weighted by Crippen LogP contribution is 2.42. The topological polar surface area (TPSA) is 35.9 Å². The van der Waals surface area contributed by atoms with Crippen LogP contribution in [0.4, 0.5) is 0 Å². The van der Waals surface area contributed by atoms with Crippen LogP contribution >= 0.6 is 10.3 Å². The summed E-state index contributed by atoms with van der Waals surface area (Å²) in [6.07, 6.45) is 6.71. The lowest BCUT2D eigenvalue weighted by Gasteiger charge is -2.31. The van der Waals surface area contributed by atoms with Gasteiger partial charge in [0, 0.05) is 17.8 Å². The second-order valence-corrected chi connectivity index (χ2v) is 6.82. The average Bonchev–Trinajstić information content (AvgIpc) is 2.11. The van der Waals surface area contributed by atoms with Crippen molar-refractivity contribution in [1.29, 1.82) is 0 Å². The third kappa shape index (κ3) is 5.01. The van der Waals surface area contributed by atoms with Crippen LogP contribution in [0.5, 0.6) is 0 Å². The van der Waals surface area contributed by atoms with Crippen molar-refractivity contribution < 1.29 is 9.59 Å². The first kappa shape index (κ1) is 12.3. The van der Waals surface area contributed by atoms with Gasteiger partial charge in [-0.05, 0) is 23.2 Å². The van der Waals surface area contributed by atoms with E-state index in [1.54, 1.807) is 0 Å². The van der Waals surface area contributed by atoms with Crippen molar-refractivity contribution in [3.05, 3.63) is 0 Å². The van der Waals surface area contributed by atoms with Crippen LogP contribution in [-0.4, -0.2) is 22.1 Å². The van der Waals surface area contributed by atoms with Crippen LogP contribution < -0.4 is 5.26 Å². The standard InChI is InChI=1S/C9H22O2S/c1-4-6-8-12(3,11-10)9-7-5-2/h11H,4-9H2,1-3H3. The lowest BCUT2D eigenvalue weighted by molar-refractivity contribution is -0.713. The van der Waals surface area contributed by atoms with Gasteiger partial charge in [-0.1, -0.05) is 26.7 Å². The van der Waals surface area contributed by atoms with Crippen molar-refractivity contribution in [3.63, 3.8) is 0 Å². The summed E-state index contributed by atoms with van der Waals surface area (Å²) in [6.45, 7) is 4.31. The average molecular weight is 194 g/mol. The highest BCUT2D eigenvalue weighted by Gasteiger charge is 2.19. The molecule has 0 aromatic rings.